The number of hydrogen-bond donors (Lipinski definition) is 3. The molecule has 3 N–H and O–H groups in total. The molecule has 0 fully saturated rings. The topological polar surface area (TPSA) is 135 Å². The van der Waals surface area contributed by atoms with Gasteiger partial charge in [0.25, 0.3) is 5.89 Å². The number of benzene rings is 2. The van der Waals surface area contributed by atoms with Crippen molar-refractivity contribution in [2.24, 2.45) is 0 Å². The molecule has 34 heavy (non-hydrogen) atoms. The largest absolute Gasteiger partial charge is 0.490 e. The van der Waals surface area contributed by atoms with Crippen molar-refractivity contribution >= 4 is 12.2 Å². The summed E-state index contributed by atoms with van der Waals surface area (Å²) in [5, 5.41) is 25.3. The lowest BCUT2D eigenvalue weighted by molar-refractivity contribution is -0.124. The molecule has 0 aliphatic rings. The minimum absolute atomic E-state index is 0.0158. The zero-order valence-electron chi connectivity index (χ0n) is 19.5. The second kappa shape index (κ2) is 11.5. The summed E-state index contributed by atoms with van der Waals surface area (Å²) < 4.78 is 11.3. The summed E-state index contributed by atoms with van der Waals surface area (Å²) in [5.41, 5.74) is 4.75. The number of aromatic nitrogens is 2. The molecule has 9 nitrogen and oxygen atoms in total. The molecule has 3 rings (SSSR count). The number of carbonyl (C=O) groups is 2. The molecule has 0 radical (unpaired) electrons. The van der Waals surface area contributed by atoms with Crippen LogP contribution in [-0.2, 0) is 17.6 Å². The van der Waals surface area contributed by atoms with Gasteiger partial charge in [0.15, 0.2) is 0 Å². The van der Waals surface area contributed by atoms with Gasteiger partial charge in [-0.25, -0.2) is 0 Å². The molecule has 1 atom stereocenters. The number of nitrogens with zero attached hydrogens (tertiary/aromatic N) is 2. The summed E-state index contributed by atoms with van der Waals surface area (Å²) in [5.74, 6) is 0.837. The Balaban J connectivity index is 1.80. The third kappa shape index (κ3) is 6.06. The highest BCUT2D eigenvalue weighted by Crippen LogP contribution is 2.31. The van der Waals surface area contributed by atoms with Crippen LogP contribution in [0.15, 0.2) is 34.9 Å². The van der Waals surface area contributed by atoms with Gasteiger partial charge in [-0.1, -0.05) is 19.0 Å². The summed E-state index contributed by atoms with van der Waals surface area (Å²) >= 11 is 0. The third-order valence-corrected chi connectivity index (χ3v) is 5.32. The fourth-order valence-electron chi connectivity index (χ4n) is 3.54. The number of nitrogens with one attached hydrogen (secondary N) is 1. The normalized spacial score (nSPS) is 11.8. The van der Waals surface area contributed by atoms with Crippen molar-refractivity contribution in [1.29, 1.82) is 0 Å². The lowest BCUT2D eigenvalue weighted by Crippen LogP contribution is -2.36. The highest BCUT2D eigenvalue weighted by atomic mass is 16.5. The molecule has 0 bridgehead atoms. The van der Waals surface area contributed by atoms with Crippen LogP contribution >= 0.6 is 0 Å². The Labute approximate surface area is 197 Å². The smallest absolute Gasteiger partial charge is 0.258 e. The van der Waals surface area contributed by atoms with Gasteiger partial charge in [0.1, 0.15) is 31.4 Å². The van der Waals surface area contributed by atoms with Gasteiger partial charge in [0.2, 0.25) is 11.7 Å². The van der Waals surface area contributed by atoms with Crippen molar-refractivity contribution in [2.45, 2.75) is 39.7 Å². The molecule has 1 aromatic heterocycles. The molecule has 0 saturated carbocycles. The van der Waals surface area contributed by atoms with E-state index in [-0.39, 0.29) is 13.2 Å². The van der Waals surface area contributed by atoms with Gasteiger partial charge >= 0.3 is 0 Å². The summed E-state index contributed by atoms with van der Waals surface area (Å²) in [6.07, 6.45) is 1.33. The van der Waals surface area contributed by atoms with Crippen molar-refractivity contribution in [3.8, 4) is 28.6 Å². The standard InChI is InChI=1S/C25H29N3O6/c1-4-16-7-17(12-29)9-20(8-16)25-27-24(28-34-25)19-6-15(3)23(18(5-2)10-19)33-14-21(31)11-26-22(32)13-30/h6-10,12,21,30-31H,4-5,11,13-14H2,1-3H3,(H,26,32)/t21-/m0/s1. The van der Waals surface area contributed by atoms with Crippen molar-refractivity contribution < 1.29 is 29.1 Å². The number of carbonyl (C=O) groups excluding carboxylic acids is 2. The highest BCUT2D eigenvalue weighted by Gasteiger charge is 2.17. The van der Waals surface area contributed by atoms with E-state index in [1.54, 1.807) is 6.07 Å². The highest BCUT2D eigenvalue weighted by molar-refractivity contribution is 5.78. The van der Waals surface area contributed by atoms with Crippen LogP contribution in [0.4, 0.5) is 0 Å². The molecule has 0 aliphatic carbocycles. The van der Waals surface area contributed by atoms with Gasteiger partial charge in [-0.3, -0.25) is 9.59 Å². The Morgan fingerprint density at radius 3 is 2.65 bits per heavy atom. The maximum absolute atomic E-state index is 11.3. The van der Waals surface area contributed by atoms with Gasteiger partial charge in [-0.15, -0.1) is 0 Å². The van der Waals surface area contributed by atoms with Crippen LogP contribution in [0.5, 0.6) is 5.75 Å². The van der Waals surface area contributed by atoms with E-state index >= 15 is 0 Å². The van der Waals surface area contributed by atoms with E-state index in [2.05, 4.69) is 15.5 Å². The Hall–Kier alpha value is -3.56. The SMILES string of the molecule is CCc1cc(C=O)cc(-c2nc(-c3cc(C)c(OC[C@@H](O)CNC(=O)CO)c(CC)c3)no2)c1. The fraction of sp³-hybridized carbons (Fsp3) is 0.360. The summed E-state index contributed by atoms with van der Waals surface area (Å²) in [6.45, 7) is 5.22. The molecule has 1 heterocycles. The number of amides is 1. The number of rotatable bonds is 11. The number of aliphatic hydroxyl groups is 2. The molecule has 0 saturated heterocycles. The molecule has 180 valence electrons. The summed E-state index contributed by atoms with van der Waals surface area (Å²) in [4.78, 5) is 26.9. The zero-order valence-corrected chi connectivity index (χ0v) is 19.5. The minimum atomic E-state index is -0.922. The molecule has 1 amide bonds. The first-order valence-corrected chi connectivity index (χ1v) is 11.1. The Kier molecular flexibility index (Phi) is 8.50. The van der Waals surface area contributed by atoms with E-state index < -0.39 is 18.6 Å². The first kappa shape index (κ1) is 25.1. The van der Waals surface area contributed by atoms with Crippen LogP contribution in [0.25, 0.3) is 22.8 Å². The lowest BCUT2D eigenvalue weighted by Gasteiger charge is -2.17. The lowest BCUT2D eigenvalue weighted by atomic mass is 10.0. The maximum Gasteiger partial charge on any atom is 0.258 e. The molecule has 3 aromatic rings. The number of hydrogen-bond acceptors (Lipinski definition) is 8. The first-order chi connectivity index (χ1) is 16.4. The van der Waals surface area contributed by atoms with Crippen molar-refractivity contribution in [1.82, 2.24) is 15.5 Å². The van der Waals surface area contributed by atoms with Crippen molar-refractivity contribution in [3.05, 3.63) is 52.6 Å². The average molecular weight is 468 g/mol. The van der Waals surface area contributed by atoms with Crippen LogP contribution in [0.3, 0.4) is 0 Å². The van der Waals surface area contributed by atoms with Gasteiger partial charge in [-0.2, -0.15) is 4.98 Å². The zero-order chi connectivity index (χ0) is 24.7. The average Bonchev–Trinajstić information content (AvgIpc) is 3.36. The van der Waals surface area contributed by atoms with Gasteiger partial charge in [0.05, 0.1) is 0 Å². The number of aldehydes is 1. The summed E-state index contributed by atoms with van der Waals surface area (Å²) in [6, 6.07) is 9.27. The first-order valence-electron chi connectivity index (χ1n) is 11.1. The Morgan fingerprint density at radius 1 is 1.18 bits per heavy atom. The Bertz CT molecular complexity index is 1160. The molecule has 0 spiro atoms. The van der Waals surface area contributed by atoms with E-state index in [1.807, 2.05) is 45.0 Å². The molecular formula is C25H29N3O6. The van der Waals surface area contributed by atoms with Crippen LogP contribution in [-0.4, -0.2) is 58.4 Å². The molecular weight excluding hydrogens is 438 g/mol. The summed E-state index contributed by atoms with van der Waals surface area (Å²) in [7, 11) is 0. The molecule has 0 unspecified atom stereocenters. The van der Waals surface area contributed by atoms with E-state index in [0.717, 1.165) is 35.0 Å². The fourth-order valence-corrected chi connectivity index (χ4v) is 3.54. The molecule has 0 aliphatic heterocycles. The van der Waals surface area contributed by atoms with Gasteiger partial charge in [-0.05, 0) is 66.8 Å². The molecule has 2 aromatic carbocycles. The quantitative estimate of drug-likeness (QED) is 0.366. The van der Waals surface area contributed by atoms with E-state index in [9.17, 15) is 14.7 Å². The predicted molar refractivity (Wildman–Crippen MR) is 126 cm³/mol. The number of aryl methyl sites for hydroxylation is 3. The maximum atomic E-state index is 11.3. The molecule has 9 heteroatoms. The minimum Gasteiger partial charge on any atom is -0.490 e. The predicted octanol–water partition coefficient (Wildman–Crippen LogP) is 2.50. The van der Waals surface area contributed by atoms with E-state index in [4.69, 9.17) is 14.4 Å². The van der Waals surface area contributed by atoms with Crippen LogP contribution in [0.1, 0.15) is 40.9 Å². The number of aliphatic hydroxyl groups excluding tert-OH is 2. The Morgan fingerprint density at radius 2 is 1.97 bits per heavy atom. The van der Waals surface area contributed by atoms with Gasteiger partial charge < -0.3 is 24.8 Å². The van der Waals surface area contributed by atoms with Crippen molar-refractivity contribution in [3.63, 3.8) is 0 Å². The van der Waals surface area contributed by atoms with Gasteiger partial charge in [0, 0.05) is 23.2 Å². The van der Waals surface area contributed by atoms with Crippen molar-refractivity contribution in [2.75, 3.05) is 19.8 Å². The third-order valence-electron chi connectivity index (χ3n) is 5.32. The number of ether oxygens (including phenoxy) is 1. The van der Waals surface area contributed by atoms with E-state index in [1.165, 1.54) is 0 Å². The monoisotopic (exact) mass is 467 g/mol. The van der Waals surface area contributed by atoms with Crippen LogP contribution in [0, 0.1) is 6.92 Å². The van der Waals surface area contributed by atoms with Crippen LogP contribution in [0.2, 0.25) is 0 Å². The van der Waals surface area contributed by atoms with E-state index in [0.29, 0.717) is 35.0 Å². The second-order valence-electron chi connectivity index (χ2n) is 7.92. The second-order valence-corrected chi connectivity index (χ2v) is 7.92. The van der Waals surface area contributed by atoms with Crippen LogP contribution < -0.4 is 10.1 Å².